The number of morpholine rings is 1. The summed E-state index contributed by atoms with van der Waals surface area (Å²) in [4.78, 5) is 16.0. The highest BCUT2D eigenvalue weighted by Crippen LogP contribution is 2.32. The van der Waals surface area contributed by atoms with E-state index < -0.39 is 0 Å². The number of thiophene rings is 1. The second kappa shape index (κ2) is 7.13. The van der Waals surface area contributed by atoms with E-state index in [0.717, 1.165) is 41.6 Å². The van der Waals surface area contributed by atoms with Crippen molar-refractivity contribution in [1.82, 2.24) is 15.0 Å². The van der Waals surface area contributed by atoms with E-state index in [-0.39, 0.29) is 12.2 Å². The summed E-state index contributed by atoms with van der Waals surface area (Å²) < 4.78 is 6.18. The summed E-state index contributed by atoms with van der Waals surface area (Å²) in [6.07, 6.45) is 3.77. The predicted molar refractivity (Wildman–Crippen MR) is 105 cm³/mol. The van der Waals surface area contributed by atoms with Gasteiger partial charge in [-0.25, -0.2) is 9.97 Å². The molecule has 4 rings (SSSR count). The van der Waals surface area contributed by atoms with Crippen LogP contribution in [0.15, 0.2) is 41.4 Å². The Bertz CT molecular complexity index is 882. The van der Waals surface area contributed by atoms with Gasteiger partial charge in [-0.15, -0.1) is 0 Å². The Hall–Kier alpha value is -2.31. The van der Waals surface area contributed by atoms with Crippen molar-refractivity contribution in [3.8, 4) is 11.4 Å². The van der Waals surface area contributed by atoms with Gasteiger partial charge in [-0.1, -0.05) is 0 Å². The van der Waals surface area contributed by atoms with Crippen molar-refractivity contribution < 1.29 is 4.74 Å². The van der Waals surface area contributed by atoms with Gasteiger partial charge >= 0.3 is 0 Å². The maximum Gasteiger partial charge on any atom is 0.161 e. The van der Waals surface area contributed by atoms with E-state index in [1.165, 1.54) is 5.56 Å². The Kier molecular flexibility index (Phi) is 4.70. The van der Waals surface area contributed by atoms with Gasteiger partial charge in [0.25, 0.3) is 0 Å². The number of hydrogen-bond donors (Lipinski definition) is 0. The third kappa shape index (κ3) is 3.34. The third-order valence-electron chi connectivity index (χ3n) is 4.78. The Balaban J connectivity index is 1.71. The van der Waals surface area contributed by atoms with Gasteiger partial charge in [0.2, 0.25) is 0 Å². The number of aromatic nitrogens is 3. The molecule has 1 aliphatic rings. The van der Waals surface area contributed by atoms with E-state index in [0.29, 0.717) is 0 Å². The maximum absolute atomic E-state index is 6.18. The number of ether oxygens (including phenoxy) is 1. The first-order chi connectivity index (χ1) is 12.6. The van der Waals surface area contributed by atoms with Crippen LogP contribution in [-0.4, -0.2) is 34.1 Å². The van der Waals surface area contributed by atoms with Crippen LogP contribution in [0.25, 0.3) is 11.4 Å². The molecule has 3 aromatic heterocycles. The van der Waals surface area contributed by atoms with Crippen molar-refractivity contribution in [3.63, 3.8) is 0 Å². The number of aryl methyl sites for hydroxylation is 1. The molecule has 134 valence electrons. The Morgan fingerprint density at radius 3 is 2.65 bits per heavy atom. The smallest absolute Gasteiger partial charge is 0.161 e. The first-order valence-corrected chi connectivity index (χ1v) is 9.74. The molecule has 2 atom stereocenters. The molecule has 0 amide bonds. The lowest BCUT2D eigenvalue weighted by atomic mass is 10.1. The van der Waals surface area contributed by atoms with Gasteiger partial charge in [0, 0.05) is 42.3 Å². The highest BCUT2D eigenvalue weighted by atomic mass is 32.1. The maximum atomic E-state index is 6.18. The van der Waals surface area contributed by atoms with E-state index in [9.17, 15) is 0 Å². The van der Waals surface area contributed by atoms with Gasteiger partial charge in [0.15, 0.2) is 5.82 Å². The van der Waals surface area contributed by atoms with Crippen molar-refractivity contribution in [3.05, 3.63) is 58.2 Å². The number of nitrogens with zero attached hydrogens (tertiary/aromatic N) is 4. The van der Waals surface area contributed by atoms with Gasteiger partial charge in [-0.05, 0) is 55.3 Å². The monoisotopic (exact) mass is 366 g/mol. The fourth-order valence-electron chi connectivity index (χ4n) is 3.32. The van der Waals surface area contributed by atoms with Crippen molar-refractivity contribution >= 4 is 17.2 Å². The van der Waals surface area contributed by atoms with Crippen LogP contribution in [-0.2, 0) is 4.74 Å². The summed E-state index contributed by atoms with van der Waals surface area (Å²) in [5.74, 6) is 1.75. The van der Waals surface area contributed by atoms with Crippen LogP contribution >= 0.6 is 11.3 Å². The van der Waals surface area contributed by atoms with E-state index in [2.05, 4.69) is 40.6 Å². The topological polar surface area (TPSA) is 51.1 Å². The zero-order valence-electron chi connectivity index (χ0n) is 15.2. The average Bonchev–Trinajstić information content (AvgIpc) is 3.19. The van der Waals surface area contributed by atoms with Gasteiger partial charge in [0.1, 0.15) is 11.9 Å². The Morgan fingerprint density at radius 2 is 1.92 bits per heavy atom. The van der Waals surface area contributed by atoms with Crippen LogP contribution in [0, 0.1) is 13.8 Å². The molecule has 4 heterocycles. The fourth-order valence-corrected chi connectivity index (χ4v) is 4.02. The molecule has 0 aromatic carbocycles. The lowest BCUT2D eigenvalue weighted by molar-refractivity contribution is -0.0174. The third-order valence-corrected chi connectivity index (χ3v) is 5.48. The van der Waals surface area contributed by atoms with Crippen LogP contribution < -0.4 is 4.90 Å². The summed E-state index contributed by atoms with van der Waals surface area (Å²) in [5.41, 5.74) is 4.36. The Morgan fingerprint density at radius 1 is 1.12 bits per heavy atom. The SMILES string of the molecule is Cc1nc(-c2ccncc2)nc(N2CC(C)OC(c3ccsc3)C2)c1C. The first-order valence-electron chi connectivity index (χ1n) is 8.80. The molecule has 0 bridgehead atoms. The second-order valence-electron chi connectivity index (χ2n) is 6.71. The van der Waals surface area contributed by atoms with Crippen molar-refractivity contribution in [1.29, 1.82) is 0 Å². The van der Waals surface area contributed by atoms with Crippen LogP contribution in [0.1, 0.15) is 29.8 Å². The van der Waals surface area contributed by atoms with Crippen molar-refractivity contribution in [2.24, 2.45) is 0 Å². The number of pyridine rings is 1. The lowest BCUT2D eigenvalue weighted by Gasteiger charge is -2.38. The van der Waals surface area contributed by atoms with Crippen LogP contribution in [0.5, 0.6) is 0 Å². The molecule has 6 heteroatoms. The molecular formula is C20H22N4OS. The summed E-state index contributed by atoms with van der Waals surface area (Å²) >= 11 is 1.71. The predicted octanol–water partition coefficient (Wildman–Crippen LogP) is 4.18. The molecule has 5 nitrogen and oxygen atoms in total. The zero-order chi connectivity index (χ0) is 18.1. The van der Waals surface area contributed by atoms with Gasteiger partial charge in [-0.2, -0.15) is 11.3 Å². The van der Waals surface area contributed by atoms with Gasteiger partial charge < -0.3 is 9.64 Å². The molecule has 26 heavy (non-hydrogen) atoms. The molecule has 0 spiro atoms. The van der Waals surface area contributed by atoms with Crippen LogP contribution in [0.2, 0.25) is 0 Å². The van der Waals surface area contributed by atoms with Gasteiger partial charge in [-0.3, -0.25) is 4.98 Å². The molecule has 0 saturated carbocycles. The fraction of sp³-hybridized carbons (Fsp3) is 0.350. The molecule has 3 aromatic rings. The van der Waals surface area contributed by atoms with Crippen LogP contribution in [0.3, 0.4) is 0 Å². The summed E-state index contributed by atoms with van der Waals surface area (Å²) in [7, 11) is 0. The minimum absolute atomic E-state index is 0.0732. The number of rotatable bonds is 3. The zero-order valence-corrected chi connectivity index (χ0v) is 16.0. The lowest BCUT2D eigenvalue weighted by Crippen LogP contribution is -2.43. The first kappa shape index (κ1) is 17.1. The molecule has 1 aliphatic heterocycles. The standard InChI is InChI=1S/C20H22N4OS/c1-13-10-24(11-18(25-13)17-6-9-26-12-17)20-14(2)15(3)22-19(23-20)16-4-7-21-8-5-16/h4-9,12-13,18H,10-11H2,1-3H3. The number of hydrogen-bond acceptors (Lipinski definition) is 6. The van der Waals surface area contributed by atoms with E-state index >= 15 is 0 Å². The minimum Gasteiger partial charge on any atom is -0.367 e. The van der Waals surface area contributed by atoms with E-state index in [4.69, 9.17) is 14.7 Å². The molecule has 0 N–H and O–H groups in total. The highest BCUT2D eigenvalue weighted by Gasteiger charge is 2.29. The van der Waals surface area contributed by atoms with E-state index in [1.54, 1.807) is 23.7 Å². The second-order valence-corrected chi connectivity index (χ2v) is 7.49. The molecule has 2 unspecified atom stereocenters. The minimum atomic E-state index is 0.0732. The van der Waals surface area contributed by atoms with E-state index in [1.807, 2.05) is 19.1 Å². The average molecular weight is 366 g/mol. The molecule has 1 saturated heterocycles. The molecule has 0 aliphatic carbocycles. The molecule has 0 radical (unpaired) electrons. The van der Waals surface area contributed by atoms with Crippen molar-refractivity contribution in [2.75, 3.05) is 18.0 Å². The Labute approximate surface area is 157 Å². The van der Waals surface area contributed by atoms with Gasteiger partial charge in [0.05, 0.1) is 6.10 Å². The highest BCUT2D eigenvalue weighted by molar-refractivity contribution is 7.07. The van der Waals surface area contributed by atoms with Crippen molar-refractivity contribution in [2.45, 2.75) is 33.0 Å². The van der Waals surface area contributed by atoms with Crippen LogP contribution in [0.4, 0.5) is 5.82 Å². The summed E-state index contributed by atoms with van der Waals surface area (Å²) in [6, 6.07) is 6.04. The quantitative estimate of drug-likeness (QED) is 0.696. The summed E-state index contributed by atoms with van der Waals surface area (Å²) in [6.45, 7) is 7.90. The summed E-state index contributed by atoms with van der Waals surface area (Å²) in [5, 5.41) is 4.27. The molecular weight excluding hydrogens is 344 g/mol. The normalized spacial score (nSPS) is 20.3. The molecule has 1 fully saturated rings. The largest absolute Gasteiger partial charge is 0.367 e. The number of anilines is 1.